The van der Waals surface area contributed by atoms with Crippen molar-refractivity contribution >= 4 is 12.1 Å². The molecule has 3 heterocycles. The number of aromatic nitrogens is 2. The Labute approximate surface area is 281 Å². The number of ether oxygens (including phenoxy) is 2. The Morgan fingerprint density at radius 3 is 2.54 bits per heavy atom. The number of rotatable bonds is 10. The first-order chi connectivity index (χ1) is 22.9. The van der Waals surface area contributed by atoms with Gasteiger partial charge in [0.15, 0.2) is 0 Å². The average molecular weight is 668 g/mol. The number of carbonyl (C=O) groups is 2. The van der Waals surface area contributed by atoms with Crippen LogP contribution < -0.4 is 5.32 Å². The number of halogens is 2. The fourth-order valence-corrected chi connectivity index (χ4v) is 6.45. The maximum Gasteiger partial charge on any atom is 0.410 e. The molecule has 0 radical (unpaired) electrons. The number of nitrogens with zero attached hydrogens (tertiary/aromatic N) is 4. The zero-order chi connectivity index (χ0) is 34.4. The van der Waals surface area contributed by atoms with Gasteiger partial charge in [0, 0.05) is 51.2 Å². The lowest BCUT2D eigenvalue weighted by molar-refractivity contribution is 0.0238. The lowest BCUT2D eigenvalue weighted by Gasteiger charge is -2.40. The molecule has 2 aliphatic rings. The fraction of sp³-hybridized carbons (Fsp3) is 0.528. The molecule has 2 aromatic carbocycles. The first-order valence-electron chi connectivity index (χ1n) is 16.7. The van der Waals surface area contributed by atoms with E-state index in [1.165, 1.54) is 0 Å². The molecule has 260 valence electrons. The molecule has 10 nitrogen and oxygen atoms in total. The molecule has 3 atom stereocenters. The average Bonchev–Trinajstić information content (AvgIpc) is 3.69. The van der Waals surface area contributed by atoms with E-state index in [0.717, 1.165) is 23.8 Å². The minimum atomic E-state index is -0.635. The van der Waals surface area contributed by atoms with Crippen LogP contribution in [0.3, 0.4) is 0 Å². The molecule has 1 aromatic heterocycles. The summed E-state index contributed by atoms with van der Waals surface area (Å²) in [7, 11) is 0. The quantitative estimate of drug-likeness (QED) is 0.275. The highest BCUT2D eigenvalue weighted by Gasteiger charge is 2.40. The smallest absolute Gasteiger partial charge is 0.410 e. The molecule has 2 saturated heterocycles. The summed E-state index contributed by atoms with van der Waals surface area (Å²) in [5.41, 5.74) is 0.630. The first kappa shape index (κ1) is 35.3. The van der Waals surface area contributed by atoms with E-state index in [9.17, 15) is 19.1 Å². The van der Waals surface area contributed by atoms with Gasteiger partial charge in [-0.2, -0.15) is 0 Å². The second kappa shape index (κ2) is 15.5. The molecule has 0 saturated carbocycles. The molecule has 12 heteroatoms. The van der Waals surface area contributed by atoms with Gasteiger partial charge >= 0.3 is 12.1 Å². The number of nitrogens with one attached hydrogen (secondary N) is 1. The predicted molar refractivity (Wildman–Crippen MR) is 177 cm³/mol. The van der Waals surface area contributed by atoms with Crippen molar-refractivity contribution in [1.29, 1.82) is 0 Å². The topological polar surface area (TPSA) is 109 Å². The highest BCUT2D eigenvalue weighted by molar-refractivity contribution is 5.75. The van der Waals surface area contributed by atoms with Crippen LogP contribution in [-0.4, -0.2) is 87.7 Å². The number of hydrogen-bond donors (Lipinski definition) is 2. The van der Waals surface area contributed by atoms with Gasteiger partial charge < -0.3 is 34.3 Å². The van der Waals surface area contributed by atoms with E-state index in [0.29, 0.717) is 64.5 Å². The Morgan fingerprint density at radius 1 is 1.12 bits per heavy atom. The summed E-state index contributed by atoms with van der Waals surface area (Å²) in [6, 6.07) is 11.6. The third-order valence-electron chi connectivity index (χ3n) is 8.82. The van der Waals surface area contributed by atoms with Crippen LogP contribution in [0.5, 0.6) is 0 Å². The number of imidazole rings is 1. The van der Waals surface area contributed by atoms with Crippen LogP contribution in [0.25, 0.3) is 11.3 Å². The lowest BCUT2D eigenvalue weighted by Crippen LogP contribution is -2.51. The number of hydrogen-bond acceptors (Lipinski definition) is 6. The van der Waals surface area contributed by atoms with E-state index in [1.54, 1.807) is 22.9 Å². The second-order valence-electron chi connectivity index (χ2n) is 13.9. The van der Waals surface area contributed by atoms with Gasteiger partial charge in [0.25, 0.3) is 0 Å². The summed E-state index contributed by atoms with van der Waals surface area (Å²) in [6.45, 7) is 9.55. The molecular weight excluding hydrogens is 620 g/mol. The molecule has 2 aliphatic heterocycles. The maximum absolute atomic E-state index is 15.2. The highest BCUT2D eigenvalue weighted by Crippen LogP contribution is 2.38. The van der Waals surface area contributed by atoms with Crippen molar-refractivity contribution in [2.45, 2.75) is 71.2 Å². The van der Waals surface area contributed by atoms with Gasteiger partial charge in [-0.25, -0.2) is 23.4 Å². The van der Waals surface area contributed by atoms with E-state index in [4.69, 9.17) is 14.5 Å². The predicted octanol–water partition coefficient (Wildman–Crippen LogP) is 5.99. The van der Waals surface area contributed by atoms with Gasteiger partial charge in [-0.05, 0) is 82.6 Å². The number of likely N-dealkylation sites (tertiary alicyclic amines) is 1. The van der Waals surface area contributed by atoms with Crippen LogP contribution in [0.2, 0.25) is 0 Å². The van der Waals surface area contributed by atoms with Crippen molar-refractivity contribution in [1.82, 2.24) is 24.7 Å². The lowest BCUT2D eigenvalue weighted by atomic mass is 9.89. The zero-order valence-electron chi connectivity index (χ0n) is 28.2. The minimum Gasteiger partial charge on any atom is -0.444 e. The van der Waals surface area contributed by atoms with Crippen LogP contribution >= 0.6 is 0 Å². The maximum atomic E-state index is 15.2. The molecular formula is C36H47F2N5O5. The Bertz CT molecular complexity index is 1540. The van der Waals surface area contributed by atoms with Crippen LogP contribution in [0.4, 0.5) is 18.4 Å². The van der Waals surface area contributed by atoms with Crippen LogP contribution in [-0.2, 0) is 16.0 Å². The number of benzene rings is 2. The van der Waals surface area contributed by atoms with Crippen molar-refractivity contribution in [2.75, 3.05) is 39.5 Å². The second-order valence-corrected chi connectivity index (χ2v) is 13.9. The number of amides is 3. The van der Waals surface area contributed by atoms with Crippen LogP contribution in [0, 0.1) is 23.5 Å². The summed E-state index contributed by atoms with van der Waals surface area (Å²) < 4.78 is 42.8. The molecule has 0 spiro atoms. The first-order valence-corrected chi connectivity index (χ1v) is 16.7. The monoisotopic (exact) mass is 667 g/mol. The Hall–Kier alpha value is -4.03. The van der Waals surface area contributed by atoms with Gasteiger partial charge in [0.1, 0.15) is 23.1 Å². The molecule has 0 aliphatic carbocycles. The number of carbonyl (C=O) groups excluding carboxylic acids is 2. The molecule has 48 heavy (non-hydrogen) atoms. The molecule has 2 unspecified atom stereocenters. The SMILES string of the molecule is C[C@@H](CO)NC(=O)N(CC1CCN(C(=O)OC(C)(C)C)C1)C(c1nc(-c2cc(F)ccc2F)cn1Cc1ccccc1)C1CCOCC1. The van der Waals surface area contributed by atoms with E-state index >= 15 is 4.39 Å². The van der Waals surface area contributed by atoms with E-state index in [-0.39, 0.29) is 35.7 Å². The Morgan fingerprint density at radius 2 is 1.85 bits per heavy atom. The summed E-state index contributed by atoms with van der Waals surface area (Å²) in [5.74, 6) is -0.777. The number of aliphatic hydroxyl groups is 1. The molecule has 3 amide bonds. The van der Waals surface area contributed by atoms with Gasteiger partial charge in [-0.1, -0.05) is 30.3 Å². The van der Waals surface area contributed by atoms with Gasteiger partial charge in [0.05, 0.1) is 24.4 Å². The summed E-state index contributed by atoms with van der Waals surface area (Å²) in [6.07, 6.45) is 3.30. The Kier molecular flexibility index (Phi) is 11.4. The third-order valence-corrected chi connectivity index (χ3v) is 8.82. The fourth-order valence-electron chi connectivity index (χ4n) is 6.45. The number of urea groups is 1. The van der Waals surface area contributed by atoms with Crippen molar-refractivity contribution in [3.63, 3.8) is 0 Å². The summed E-state index contributed by atoms with van der Waals surface area (Å²) in [4.78, 5) is 35.6. The zero-order valence-corrected chi connectivity index (χ0v) is 28.2. The van der Waals surface area contributed by atoms with E-state index in [2.05, 4.69) is 5.32 Å². The van der Waals surface area contributed by atoms with Crippen LogP contribution in [0.15, 0.2) is 54.7 Å². The van der Waals surface area contributed by atoms with Gasteiger partial charge in [-0.3, -0.25) is 0 Å². The molecule has 5 rings (SSSR count). The van der Waals surface area contributed by atoms with Crippen molar-refractivity contribution in [3.05, 3.63) is 77.8 Å². The van der Waals surface area contributed by atoms with Crippen molar-refractivity contribution in [3.8, 4) is 11.3 Å². The van der Waals surface area contributed by atoms with Gasteiger partial charge in [-0.15, -0.1) is 0 Å². The Balaban J connectivity index is 1.58. The van der Waals surface area contributed by atoms with Gasteiger partial charge in [0.2, 0.25) is 0 Å². The standard InChI is InChI=1S/C36H47F2N5O5/c1-24(23-44)39-34(45)43(21-26-12-15-41(20-26)35(46)48-36(2,3)4)32(27-13-16-47-17-14-27)33-40-31(29-18-28(37)10-11-30(29)38)22-42(33)19-25-8-6-5-7-9-25/h5-11,18,22,24,26-27,32,44H,12-17,19-21,23H2,1-4H3,(H,39,45)/t24-,26?,32?/m0/s1. The highest BCUT2D eigenvalue weighted by atomic mass is 19.1. The van der Waals surface area contributed by atoms with Crippen LogP contribution in [0.1, 0.15) is 64.4 Å². The normalized spacial score (nSPS) is 18.4. The minimum absolute atomic E-state index is 0.0301. The number of aliphatic hydroxyl groups excluding tert-OH is 1. The summed E-state index contributed by atoms with van der Waals surface area (Å²) >= 11 is 0. The van der Waals surface area contributed by atoms with Crippen molar-refractivity contribution < 1.29 is 33.0 Å². The molecule has 0 bridgehead atoms. The van der Waals surface area contributed by atoms with E-state index in [1.807, 2.05) is 55.7 Å². The van der Waals surface area contributed by atoms with Crippen molar-refractivity contribution in [2.24, 2.45) is 11.8 Å². The molecule has 2 N–H and O–H groups in total. The third kappa shape index (κ3) is 8.90. The largest absolute Gasteiger partial charge is 0.444 e. The summed E-state index contributed by atoms with van der Waals surface area (Å²) in [5, 5.41) is 12.8. The molecule has 2 fully saturated rings. The molecule has 3 aromatic rings. The van der Waals surface area contributed by atoms with E-state index < -0.39 is 35.4 Å².